The molecule has 0 spiro atoms. The summed E-state index contributed by atoms with van der Waals surface area (Å²) >= 11 is 0. The molecule has 0 saturated carbocycles. The van der Waals surface area contributed by atoms with Crippen LogP contribution < -0.4 is 16.8 Å². The Kier molecular flexibility index (Phi) is 4.24. The van der Waals surface area contributed by atoms with Gasteiger partial charge in [0, 0.05) is 12.5 Å². The zero-order valence-corrected chi connectivity index (χ0v) is 11.3. The van der Waals surface area contributed by atoms with Gasteiger partial charge in [0.15, 0.2) is 0 Å². The van der Waals surface area contributed by atoms with E-state index >= 15 is 0 Å². The number of aromatic nitrogens is 1. The Morgan fingerprint density at radius 2 is 2.25 bits per heavy atom. The second-order valence-electron chi connectivity index (χ2n) is 4.66. The van der Waals surface area contributed by atoms with Crippen molar-refractivity contribution in [3.63, 3.8) is 0 Å². The number of pyridine rings is 1. The molecule has 0 saturated heterocycles. The molecule has 1 atom stereocenters. The number of aryl methyl sites for hydroxylation is 1. The summed E-state index contributed by atoms with van der Waals surface area (Å²) in [7, 11) is 0. The van der Waals surface area contributed by atoms with E-state index in [2.05, 4.69) is 10.3 Å². The number of furan rings is 1. The van der Waals surface area contributed by atoms with Gasteiger partial charge in [-0.05, 0) is 37.6 Å². The van der Waals surface area contributed by atoms with Crippen LogP contribution >= 0.6 is 0 Å². The van der Waals surface area contributed by atoms with Crippen LogP contribution in [0.15, 0.2) is 34.9 Å². The zero-order chi connectivity index (χ0) is 14.5. The van der Waals surface area contributed by atoms with Gasteiger partial charge < -0.3 is 21.2 Å². The fourth-order valence-corrected chi connectivity index (χ4v) is 1.84. The van der Waals surface area contributed by atoms with Crippen LogP contribution in [0.5, 0.6) is 0 Å². The van der Waals surface area contributed by atoms with Crippen molar-refractivity contribution in [1.82, 2.24) is 4.98 Å². The molecule has 5 N–H and O–H groups in total. The molecule has 2 heterocycles. The zero-order valence-electron chi connectivity index (χ0n) is 11.3. The van der Waals surface area contributed by atoms with Crippen molar-refractivity contribution < 1.29 is 9.21 Å². The van der Waals surface area contributed by atoms with E-state index in [-0.39, 0.29) is 11.7 Å². The topological polar surface area (TPSA) is 107 Å². The summed E-state index contributed by atoms with van der Waals surface area (Å²) in [5.74, 6) is 0.843. The van der Waals surface area contributed by atoms with E-state index in [4.69, 9.17) is 15.9 Å². The molecule has 0 aromatic carbocycles. The highest BCUT2D eigenvalue weighted by Crippen LogP contribution is 2.18. The van der Waals surface area contributed by atoms with Crippen LogP contribution in [0, 0.1) is 0 Å². The molecule has 2 aromatic heterocycles. The molecular formula is C14H18N4O2. The molecule has 0 bridgehead atoms. The average molecular weight is 274 g/mol. The monoisotopic (exact) mass is 274 g/mol. The van der Waals surface area contributed by atoms with E-state index in [0.29, 0.717) is 11.5 Å². The van der Waals surface area contributed by atoms with Crippen LogP contribution in [0.1, 0.15) is 29.6 Å². The summed E-state index contributed by atoms with van der Waals surface area (Å²) < 4.78 is 5.28. The number of rotatable bonds is 6. The van der Waals surface area contributed by atoms with Gasteiger partial charge in [-0.2, -0.15) is 0 Å². The smallest absolute Gasteiger partial charge is 0.267 e. The number of hydrogen-bond donors (Lipinski definition) is 3. The molecule has 0 aliphatic rings. The molecule has 1 unspecified atom stereocenters. The van der Waals surface area contributed by atoms with Gasteiger partial charge in [0.1, 0.15) is 17.3 Å². The van der Waals surface area contributed by atoms with Crippen LogP contribution in [-0.4, -0.2) is 16.9 Å². The fourth-order valence-electron chi connectivity index (χ4n) is 1.84. The minimum Gasteiger partial charge on any atom is -0.469 e. The summed E-state index contributed by atoms with van der Waals surface area (Å²) in [5, 5.41) is 3.18. The van der Waals surface area contributed by atoms with E-state index in [1.165, 1.54) is 6.07 Å². The van der Waals surface area contributed by atoms with Crippen LogP contribution in [0.4, 0.5) is 11.5 Å². The third-order valence-electron chi connectivity index (χ3n) is 2.97. The lowest BCUT2D eigenvalue weighted by molar-refractivity contribution is 0.0995. The van der Waals surface area contributed by atoms with Gasteiger partial charge in [0.25, 0.3) is 5.91 Å². The molecule has 6 nitrogen and oxygen atoms in total. The summed E-state index contributed by atoms with van der Waals surface area (Å²) in [5.41, 5.74) is 11.7. The third kappa shape index (κ3) is 3.50. The first kappa shape index (κ1) is 13.9. The van der Waals surface area contributed by atoms with Crippen molar-refractivity contribution in [1.29, 1.82) is 0 Å². The first-order chi connectivity index (χ1) is 9.56. The normalized spacial score (nSPS) is 12.1. The van der Waals surface area contributed by atoms with E-state index in [9.17, 15) is 4.79 Å². The van der Waals surface area contributed by atoms with Gasteiger partial charge in [-0.15, -0.1) is 0 Å². The van der Waals surface area contributed by atoms with E-state index in [1.807, 2.05) is 19.1 Å². The summed E-state index contributed by atoms with van der Waals surface area (Å²) in [6, 6.07) is 7.07. The Morgan fingerprint density at radius 1 is 1.45 bits per heavy atom. The number of primary amides is 1. The Morgan fingerprint density at radius 3 is 2.90 bits per heavy atom. The maximum atomic E-state index is 11.1. The van der Waals surface area contributed by atoms with Gasteiger partial charge >= 0.3 is 0 Å². The quantitative estimate of drug-likeness (QED) is 0.744. The predicted octanol–water partition coefficient (Wildman–Crippen LogP) is 1.79. The lowest BCUT2D eigenvalue weighted by Gasteiger charge is -2.15. The Bertz CT molecular complexity index is 581. The third-order valence-corrected chi connectivity index (χ3v) is 2.97. The molecule has 2 rings (SSSR count). The summed E-state index contributed by atoms with van der Waals surface area (Å²) in [4.78, 5) is 15.2. The molecule has 106 valence electrons. The molecule has 2 aromatic rings. The Hall–Kier alpha value is -2.50. The van der Waals surface area contributed by atoms with E-state index in [1.54, 1.807) is 12.3 Å². The first-order valence-corrected chi connectivity index (χ1v) is 6.41. The molecule has 0 aliphatic carbocycles. The summed E-state index contributed by atoms with van der Waals surface area (Å²) in [6.45, 7) is 2.01. The van der Waals surface area contributed by atoms with Gasteiger partial charge in [-0.1, -0.05) is 0 Å². The molecule has 0 aliphatic heterocycles. The highest BCUT2D eigenvalue weighted by atomic mass is 16.3. The molecule has 0 fully saturated rings. The van der Waals surface area contributed by atoms with Crippen molar-refractivity contribution in [2.24, 2.45) is 5.73 Å². The van der Waals surface area contributed by atoms with Crippen molar-refractivity contribution in [2.75, 3.05) is 11.1 Å². The highest BCUT2D eigenvalue weighted by molar-refractivity contribution is 5.91. The standard InChI is InChI=1S/C14H18N4O2/c1-9(4-5-10-3-2-8-20-10)17-14-11(15)6-7-12(18-14)13(16)19/h2-3,6-9H,4-5,15H2,1H3,(H2,16,19)(H,17,18). The summed E-state index contributed by atoms with van der Waals surface area (Å²) in [6.07, 6.45) is 3.33. The van der Waals surface area contributed by atoms with Crippen molar-refractivity contribution in [3.8, 4) is 0 Å². The first-order valence-electron chi connectivity index (χ1n) is 6.41. The fraction of sp³-hybridized carbons (Fsp3) is 0.286. The SMILES string of the molecule is CC(CCc1ccco1)Nc1nc(C(N)=O)ccc1N. The number of nitrogens with zero attached hydrogens (tertiary/aromatic N) is 1. The number of nitrogens with one attached hydrogen (secondary N) is 1. The van der Waals surface area contributed by atoms with Crippen molar-refractivity contribution in [2.45, 2.75) is 25.8 Å². The number of amides is 1. The van der Waals surface area contributed by atoms with Crippen LogP contribution in [0.25, 0.3) is 0 Å². The number of anilines is 2. The highest BCUT2D eigenvalue weighted by Gasteiger charge is 2.10. The molecule has 0 radical (unpaired) electrons. The number of nitrogen functional groups attached to an aromatic ring is 1. The molecular weight excluding hydrogens is 256 g/mol. The molecule has 1 amide bonds. The second-order valence-corrected chi connectivity index (χ2v) is 4.66. The van der Waals surface area contributed by atoms with Crippen molar-refractivity contribution >= 4 is 17.4 Å². The van der Waals surface area contributed by atoms with Crippen molar-refractivity contribution in [3.05, 3.63) is 42.0 Å². The van der Waals surface area contributed by atoms with Crippen LogP contribution in [0.3, 0.4) is 0 Å². The Balaban J connectivity index is 1.98. The minimum absolute atomic E-state index is 0.137. The van der Waals surface area contributed by atoms with Gasteiger partial charge in [0.05, 0.1) is 12.0 Å². The van der Waals surface area contributed by atoms with E-state index < -0.39 is 5.91 Å². The number of carbonyl (C=O) groups excluding carboxylic acids is 1. The largest absolute Gasteiger partial charge is 0.469 e. The molecule has 20 heavy (non-hydrogen) atoms. The minimum atomic E-state index is -0.573. The molecule has 6 heteroatoms. The van der Waals surface area contributed by atoms with Crippen LogP contribution in [-0.2, 0) is 6.42 Å². The van der Waals surface area contributed by atoms with Gasteiger partial charge in [-0.25, -0.2) is 4.98 Å². The van der Waals surface area contributed by atoms with Gasteiger partial charge in [0.2, 0.25) is 0 Å². The predicted molar refractivity (Wildman–Crippen MR) is 77.3 cm³/mol. The number of hydrogen-bond acceptors (Lipinski definition) is 5. The number of nitrogens with two attached hydrogens (primary N) is 2. The lowest BCUT2D eigenvalue weighted by atomic mass is 10.1. The maximum Gasteiger partial charge on any atom is 0.267 e. The van der Waals surface area contributed by atoms with E-state index in [0.717, 1.165) is 18.6 Å². The van der Waals surface area contributed by atoms with Crippen LogP contribution in [0.2, 0.25) is 0 Å². The number of carbonyl (C=O) groups is 1. The average Bonchev–Trinajstić information content (AvgIpc) is 2.92. The second kappa shape index (κ2) is 6.10. The van der Waals surface area contributed by atoms with Gasteiger partial charge in [-0.3, -0.25) is 4.79 Å². The maximum absolute atomic E-state index is 11.1. The Labute approximate surface area is 117 Å². The lowest BCUT2D eigenvalue weighted by Crippen LogP contribution is -2.20.